The van der Waals surface area contributed by atoms with Crippen LogP contribution in [0.5, 0.6) is 0 Å². The molecule has 1 aromatic heterocycles. The molecule has 0 saturated heterocycles. The molecule has 0 saturated carbocycles. The Labute approximate surface area is 131 Å². The fourth-order valence-electron chi connectivity index (χ4n) is 2.07. The highest BCUT2D eigenvalue weighted by Crippen LogP contribution is 2.37. The summed E-state index contributed by atoms with van der Waals surface area (Å²) in [6, 6.07) is 4.18. The van der Waals surface area contributed by atoms with Gasteiger partial charge in [0.25, 0.3) is 10.1 Å². The Morgan fingerprint density at radius 2 is 1.86 bits per heavy atom. The topological polar surface area (TPSA) is 69.7 Å². The first-order valence-corrected chi connectivity index (χ1v) is 8.48. The molecule has 0 aliphatic heterocycles. The molecule has 5 nitrogen and oxygen atoms in total. The van der Waals surface area contributed by atoms with Crippen LogP contribution in [-0.4, -0.2) is 28.6 Å². The van der Waals surface area contributed by atoms with Gasteiger partial charge in [-0.15, -0.1) is 11.3 Å². The van der Waals surface area contributed by atoms with Gasteiger partial charge in [-0.05, 0) is 37.4 Å². The second kappa shape index (κ2) is 5.60. The molecule has 0 fully saturated rings. The normalized spacial score (nSPS) is 12.6. The number of rotatable bonds is 4. The lowest BCUT2D eigenvalue weighted by Crippen LogP contribution is -2.31. The highest BCUT2D eigenvalue weighted by atomic mass is 32.2. The smallest absolute Gasteiger partial charge is 0.348 e. The summed E-state index contributed by atoms with van der Waals surface area (Å²) in [7, 11) is -1.69. The minimum atomic E-state index is -3.98. The summed E-state index contributed by atoms with van der Waals surface area (Å²) in [6.07, 6.45) is 0. The minimum absolute atomic E-state index is 0.0175. The molecular formula is C14H15FO5S2. The van der Waals surface area contributed by atoms with Crippen molar-refractivity contribution in [2.45, 2.75) is 18.6 Å². The highest BCUT2D eigenvalue weighted by molar-refractivity contribution is 7.87. The van der Waals surface area contributed by atoms with Crippen LogP contribution in [0, 0.1) is 5.82 Å². The van der Waals surface area contributed by atoms with Crippen molar-refractivity contribution in [3.8, 4) is 0 Å². The van der Waals surface area contributed by atoms with Crippen molar-refractivity contribution in [1.82, 2.24) is 0 Å². The van der Waals surface area contributed by atoms with E-state index >= 15 is 0 Å². The van der Waals surface area contributed by atoms with E-state index in [4.69, 9.17) is 0 Å². The SMILES string of the molecule is COC(=O)c1cc2cc(C(C)(C)S(=O)(=O)OC)c(F)cc2s1. The van der Waals surface area contributed by atoms with E-state index in [-0.39, 0.29) is 5.56 Å². The lowest BCUT2D eigenvalue weighted by Gasteiger charge is -2.24. The van der Waals surface area contributed by atoms with Gasteiger partial charge in [-0.2, -0.15) is 8.42 Å². The predicted molar refractivity (Wildman–Crippen MR) is 82.1 cm³/mol. The second-order valence-electron chi connectivity index (χ2n) is 5.10. The van der Waals surface area contributed by atoms with Crippen LogP contribution in [0.25, 0.3) is 10.1 Å². The molecule has 22 heavy (non-hydrogen) atoms. The third-order valence-electron chi connectivity index (χ3n) is 3.49. The van der Waals surface area contributed by atoms with Gasteiger partial charge in [0.15, 0.2) is 0 Å². The number of methoxy groups -OCH3 is 1. The lowest BCUT2D eigenvalue weighted by molar-refractivity contribution is 0.0606. The number of halogens is 1. The van der Waals surface area contributed by atoms with Gasteiger partial charge in [0.2, 0.25) is 0 Å². The van der Waals surface area contributed by atoms with E-state index in [0.29, 0.717) is 15.0 Å². The molecule has 0 aliphatic rings. The summed E-state index contributed by atoms with van der Waals surface area (Å²) in [5, 5.41) is 0.571. The maximum Gasteiger partial charge on any atom is 0.348 e. The quantitative estimate of drug-likeness (QED) is 0.629. The number of benzene rings is 1. The number of fused-ring (bicyclic) bond motifs is 1. The molecule has 0 bridgehead atoms. The van der Waals surface area contributed by atoms with Crippen LogP contribution in [-0.2, 0) is 23.8 Å². The van der Waals surface area contributed by atoms with E-state index in [2.05, 4.69) is 8.92 Å². The largest absolute Gasteiger partial charge is 0.465 e. The van der Waals surface area contributed by atoms with Crippen LogP contribution >= 0.6 is 11.3 Å². The molecule has 0 aliphatic carbocycles. The zero-order valence-electron chi connectivity index (χ0n) is 12.5. The molecule has 8 heteroatoms. The predicted octanol–water partition coefficient (Wildman–Crippen LogP) is 3.04. The van der Waals surface area contributed by atoms with Gasteiger partial charge >= 0.3 is 5.97 Å². The number of hydrogen-bond donors (Lipinski definition) is 0. The minimum Gasteiger partial charge on any atom is -0.465 e. The molecular weight excluding hydrogens is 331 g/mol. The number of thiophene rings is 1. The van der Waals surface area contributed by atoms with Crippen LogP contribution < -0.4 is 0 Å². The van der Waals surface area contributed by atoms with Crippen molar-refractivity contribution in [3.05, 3.63) is 34.5 Å². The molecule has 1 heterocycles. The van der Waals surface area contributed by atoms with Crippen LogP contribution in [0.3, 0.4) is 0 Å². The molecule has 0 spiro atoms. The lowest BCUT2D eigenvalue weighted by atomic mass is 10.00. The summed E-state index contributed by atoms with van der Waals surface area (Å²) in [4.78, 5) is 11.9. The van der Waals surface area contributed by atoms with E-state index in [9.17, 15) is 17.6 Å². The molecule has 0 N–H and O–H groups in total. The Bertz CT molecular complexity index is 836. The number of hydrogen-bond acceptors (Lipinski definition) is 6. The maximum atomic E-state index is 14.3. The van der Waals surface area contributed by atoms with Crippen molar-refractivity contribution < 1.29 is 26.5 Å². The maximum absolute atomic E-state index is 14.3. The number of ether oxygens (including phenoxy) is 1. The monoisotopic (exact) mass is 346 g/mol. The third kappa shape index (κ3) is 2.62. The molecule has 2 aromatic rings. The Morgan fingerprint density at radius 3 is 2.41 bits per heavy atom. The van der Waals surface area contributed by atoms with Crippen molar-refractivity contribution in [2.24, 2.45) is 0 Å². The van der Waals surface area contributed by atoms with E-state index in [1.165, 1.54) is 33.1 Å². The summed E-state index contributed by atoms with van der Waals surface area (Å²) in [6.45, 7) is 2.73. The van der Waals surface area contributed by atoms with Gasteiger partial charge in [-0.1, -0.05) is 0 Å². The molecule has 1 aromatic carbocycles. The first-order chi connectivity index (χ1) is 10.1. The van der Waals surface area contributed by atoms with Crippen LogP contribution in [0.1, 0.15) is 29.1 Å². The Kier molecular flexibility index (Phi) is 4.29. The third-order valence-corrected chi connectivity index (χ3v) is 6.47. The van der Waals surface area contributed by atoms with Gasteiger partial charge in [-0.3, -0.25) is 4.18 Å². The molecule has 0 unspecified atom stereocenters. The fourth-order valence-corrected chi connectivity index (χ4v) is 3.90. The molecule has 0 atom stereocenters. The van der Waals surface area contributed by atoms with Gasteiger partial charge in [0.1, 0.15) is 15.4 Å². The van der Waals surface area contributed by atoms with E-state index in [1.807, 2.05) is 0 Å². The summed E-state index contributed by atoms with van der Waals surface area (Å²) >= 11 is 1.08. The van der Waals surface area contributed by atoms with E-state index < -0.39 is 26.7 Å². The highest BCUT2D eigenvalue weighted by Gasteiger charge is 2.39. The molecule has 0 radical (unpaired) electrons. The summed E-state index contributed by atoms with van der Waals surface area (Å²) < 4.78 is 46.5. The first-order valence-electron chi connectivity index (χ1n) is 6.26. The van der Waals surface area contributed by atoms with E-state index in [1.54, 1.807) is 6.07 Å². The van der Waals surface area contributed by atoms with Gasteiger partial charge in [0, 0.05) is 10.3 Å². The zero-order valence-corrected chi connectivity index (χ0v) is 14.1. The molecule has 120 valence electrons. The second-order valence-corrected chi connectivity index (χ2v) is 8.45. The van der Waals surface area contributed by atoms with Gasteiger partial charge < -0.3 is 4.74 Å². The average molecular weight is 346 g/mol. The van der Waals surface area contributed by atoms with Gasteiger partial charge in [0.05, 0.1) is 14.2 Å². The fraction of sp³-hybridized carbons (Fsp3) is 0.357. The Balaban J connectivity index is 2.66. The number of esters is 1. The van der Waals surface area contributed by atoms with Crippen LogP contribution in [0.2, 0.25) is 0 Å². The number of carbonyl (C=O) groups is 1. The number of carbonyl (C=O) groups excluding carboxylic acids is 1. The van der Waals surface area contributed by atoms with Crippen molar-refractivity contribution in [2.75, 3.05) is 14.2 Å². The first kappa shape index (κ1) is 16.9. The molecule has 0 amide bonds. The molecule has 2 rings (SSSR count). The van der Waals surface area contributed by atoms with Crippen LogP contribution in [0.4, 0.5) is 4.39 Å². The van der Waals surface area contributed by atoms with E-state index in [0.717, 1.165) is 18.4 Å². The van der Waals surface area contributed by atoms with Crippen molar-refractivity contribution in [3.63, 3.8) is 0 Å². The van der Waals surface area contributed by atoms with Crippen molar-refractivity contribution in [1.29, 1.82) is 0 Å². The Morgan fingerprint density at radius 1 is 1.23 bits per heavy atom. The standard InChI is InChI=1S/C14H15FO5S2/c1-14(2,22(17,18)20-4)9-5-8-6-12(13(16)19-3)21-11(8)7-10(9)15/h5-7H,1-4H3. The Hall–Kier alpha value is -1.51. The summed E-state index contributed by atoms with van der Waals surface area (Å²) in [5.74, 6) is -1.19. The van der Waals surface area contributed by atoms with Crippen molar-refractivity contribution >= 4 is 37.5 Å². The van der Waals surface area contributed by atoms with Crippen LogP contribution in [0.15, 0.2) is 18.2 Å². The van der Waals surface area contributed by atoms with Gasteiger partial charge in [-0.25, -0.2) is 9.18 Å². The summed E-state index contributed by atoms with van der Waals surface area (Å²) in [5.41, 5.74) is -0.0175. The zero-order chi connectivity index (χ0) is 16.7. The average Bonchev–Trinajstić information content (AvgIpc) is 2.87.